The molecule has 0 aliphatic rings. The van der Waals surface area contributed by atoms with Crippen molar-refractivity contribution < 1.29 is 14.3 Å². The van der Waals surface area contributed by atoms with Crippen LogP contribution in [0.25, 0.3) is 10.9 Å². The number of ether oxygens (including phenoxy) is 1. The Morgan fingerprint density at radius 2 is 1.93 bits per heavy atom. The highest BCUT2D eigenvalue weighted by atomic mass is 32.1. The summed E-state index contributed by atoms with van der Waals surface area (Å²) in [7, 11) is 0. The summed E-state index contributed by atoms with van der Waals surface area (Å²) in [6, 6.07) is 7.48. The Morgan fingerprint density at radius 1 is 1.20 bits per heavy atom. The number of amides is 1. The first-order chi connectivity index (χ1) is 14.2. The van der Waals surface area contributed by atoms with Crippen molar-refractivity contribution in [2.24, 2.45) is 0 Å². The lowest BCUT2D eigenvalue weighted by molar-refractivity contribution is -0.116. The summed E-state index contributed by atoms with van der Waals surface area (Å²) < 4.78 is 6.83. The molecule has 0 unspecified atom stereocenters. The van der Waals surface area contributed by atoms with Crippen LogP contribution in [0.5, 0.6) is 0 Å². The molecule has 0 saturated heterocycles. The van der Waals surface area contributed by atoms with Crippen LogP contribution in [0.2, 0.25) is 0 Å². The largest absolute Gasteiger partial charge is 0.459 e. The van der Waals surface area contributed by atoms with Crippen molar-refractivity contribution in [1.29, 1.82) is 0 Å². The molecule has 0 aliphatic heterocycles. The van der Waals surface area contributed by atoms with E-state index in [1.54, 1.807) is 31.4 Å². The molecule has 158 valence electrons. The van der Waals surface area contributed by atoms with Gasteiger partial charge in [0.2, 0.25) is 5.91 Å². The van der Waals surface area contributed by atoms with Gasteiger partial charge >= 0.3 is 5.97 Å². The van der Waals surface area contributed by atoms with Gasteiger partial charge in [-0.05, 0) is 45.7 Å². The molecule has 2 aromatic heterocycles. The minimum atomic E-state index is -0.450. The minimum absolute atomic E-state index is 0.108. The SMILES string of the molecule is Cc1nc(NC(=O)CCn2c(=O)cc(C)c3cccc(C)c32)sc1C(=O)OC(C)C. The second-order valence-corrected chi connectivity index (χ2v) is 8.47. The molecule has 1 aromatic carbocycles. The number of carbonyl (C=O) groups excluding carboxylic acids is 2. The highest BCUT2D eigenvalue weighted by molar-refractivity contribution is 7.17. The number of esters is 1. The zero-order valence-corrected chi connectivity index (χ0v) is 18.6. The normalized spacial score (nSPS) is 11.1. The van der Waals surface area contributed by atoms with Crippen LogP contribution in [0.1, 0.15) is 46.8 Å². The average Bonchev–Trinajstić information content (AvgIpc) is 3.01. The number of rotatable bonds is 6. The first kappa shape index (κ1) is 21.7. The Hall–Kier alpha value is -3.00. The molecule has 0 saturated carbocycles. The molecule has 30 heavy (non-hydrogen) atoms. The lowest BCUT2D eigenvalue weighted by atomic mass is 10.1. The predicted octanol–water partition coefficient (Wildman–Crippen LogP) is 3.98. The fourth-order valence-corrected chi connectivity index (χ4v) is 4.18. The lowest BCUT2D eigenvalue weighted by Crippen LogP contribution is -2.24. The van der Waals surface area contributed by atoms with E-state index in [0.717, 1.165) is 33.4 Å². The third-order valence-electron chi connectivity index (χ3n) is 4.67. The van der Waals surface area contributed by atoms with Crippen LogP contribution in [-0.2, 0) is 16.1 Å². The maximum absolute atomic E-state index is 12.6. The monoisotopic (exact) mass is 427 g/mol. The number of carbonyl (C=O) groups is 2. The summed E-state index contributed by atoms with van der Waals surface area (Å²) in [5.74, 6) is -0.726. The molecular formula is C22H25N3O4S. The van der Waals surface area contributed by atoms with Gasteiger partial charge < -0.3 is 14.6 Å². The van der Waals surface area contributed by atoms with Crippen LogP contribution in [0.15, 0.2) is 29.1 Å². The predicted molar refractivity (Wildman–Crippen MR) is 118 cm³/mol. The van der Waals surface area contributed by atoms with E-state index < -0.39 is 5.97 Å². The maximum Gasteiger partial charge on any atom is 0.350 e. The summed E-state index contributed by atoms with van der Waals surface area (Å²) in [5, 5.41) is 4.06. The number of aromatic nitrogens is 2. The van der Waals surface area contributed by atoms with E-state index in [0.29, 0.717) is 15.7 Å². The first-order valence-electron chi connectivity index (χ1n) is 9.75. The number of para-hydroxylation sites is 1. The van der Waals surface area contributed by atoms with Gasteiger partial charge in [0, 0.05) is 24.4 Å². The summed E-state index contributed by atoms with van der Waals surface area (Å²) in [6.07, 6.45) is -0.125. The number of benzene rings is 1. The van der Waals surface area contributed by atoms with E-state index in [1.165, 1.54) is 0 Å². The number of fused-ring (bicyclic) bond motifs is 1. The summed E-state index contributed by atoms with van der Waals surface area (Å²) >= 11 is 1.08. The van der Waals surface area contributed by atoms with Gasteiger partial charge in [0.05, 0.1) is 17.3 Å². The molecular weight excluding hydrogens is 402 g/mol. The Morgan fingerprint density at radius 3 is 2.63 bits per heavy atom. The molecule has 3 rings (SSSR count). The number of aryl methyl sites for hydroxylation is 4. The van der Waals surface area contributed by atoms with Crippen LogP contribution in [-0.4, -0.2) is 27.5 Å². The Balaban J connectivity index is 1.75. The van der Waals surface area contributed by atoms with Crippen LogP contribution >= 0.6 is 11.3 Å². The Labute approximate surface area is 178 Å². The van der Waals surface area contributed by atoms with Gasteiger partial charge in [-0.25, -0.2) is 9.78 Å². The Kier molecular flexibility index (Phi) is 6.36. The molecule has 0 bridgehead atoms. The van der Waals surface area contributed by atoms with Crippen molar-refractivity contribution in [2.45, 2.75) is 53.7 Å². The minimum Gasteiger partial charge on any atom is -0.459 e. The topological polar surface area (TPSA) is 90.3 Å². The molecule has 1 amide bonds. The summed E-state index contributed by atoms with van der Waals surface area (Å²) in [4.78, 5) is 41.8. The highest BCUT2D eigenvalue weighted by Gasteiger charge is 2.19. The standard InChI is InChI=1S/C22H25N3O4S/c1-12(2)29-21(28)20-15(5)23-22(30-20)24-17(26)9-10-25-18(27)11-14(4)16-8-6-7-13(3)19(16)25/h6-8,11-12H,9-10H2,1-5H3,(H,23,24,26). The lowest BCUT2D eigenvalue weighted by Gasteiger charge is -2.14. The van der Waals surface area contributed by atoms with Gasteiger partial charge in [0.15, 0.2) is 5.13 Å². The van der Waals surface area contributed by atoms with Gasteiger partial charge in [-0.15, -0.1) is 0 Å². The molecule has 8 heteroatoms. The maximum atomic E-state index is 12.6. The van der Waals surface area contributed by atoms with Crippen molar-refractivity contribution in [3.05, 3.63) is 56.3 Å². The molecule has 0 aliphatic carbocycles. The van der Waals surface area contributed by atoms with Crippen molar-refractivity contribution in [2.75, 3.05) is 5.32 Å². The quantitative estimate of drug-likeness (QED) is 0.601. The van der Waals surface area contributed by atoms with Gasteiger partial charge in [0.25, 0.3) is 5.56 Å². The highest BCUT2D eigenvalue weighted by Crippen LogP contribution is 2.24. The first-order valence-corrected chi connectivity index (χ1v) is 10.6. The van der Waals surface area contributed by atoms with Crippen LogP contribution in [0.3, 0.4) is 0 Å². The molecule has 1 N–H and O–H groups in total. The molecule has 0 fully saturated rings. The van der Waals surface area contributed by atoms with Crippen molar-refractivity contribution >= 4 is 39.2 Å². The second kappa shape index (κ2) is 8.79. The van der Waals surface area contributed by atoms with Crippen LogP contribution < -0.4 is 10.9 Å². The molecule has 0 spiro atoms. The number of hydrogen-bond donors (Lipinski definition) is 1. The fraction of sp³-hybridized carbons (Fsp3) is 0.364. The van der Waals surface area contributed by atoms with Crippen molar-refractivity contribution in [3.63, 3.8) is 0 Å². The smallest absolute Gasteiger partial charge is 0.350 e. The number of nitrogens with zero attached hydrogens (tertiary/aromatic N) is 2. The number of pyridine rings is 1. The second-order valence-electron chi connectivity index (χ2n) is 7.47. The van der Waals surface area contributed by atoms with E-state index in [9.17, 15) is 14.4 Å². The summed E-state index contributed by atoms with van der Waals surface area (Å²) in [6.45, 7) is 9.36. The number of hydrogen-bond acceptors (Lipinski definition) is 6. The van der Waals surface area contributed by atoms with Crippen molar-refractivity contribution in [3.8, 4) is 0 Å². The molecule has 3 aromatic rings. The van der Waals surface area contributed by atoms with E-state index in [1.807, 2.05) is 32.0 Å². The third-order valence-corrected chi connectivity index (χ3v) is 5.72. The summed E-state index contributed by atoms with van der Waals surface area (Å²) in [5.41, 5.74) is 3.12. The molecule has 7 nitrogen and oxygen atoms in total. The number of nitrogens with one attached hydrogen (secondary N) is 1. The van der Waals surface area contributed by atoms with E-state index in [-0.39, 0.29) is 30.5 Å². The fourth-order valence-electron chi connectivity index (χ4n) is 3.31. The van der Waals surface area contributed by atoms with Gasteiger partial charge in [-0.3, -0.25) is 9.59 Å². The zero-order chi connectivity index (χ0) is 22.0. The van der Waals surface area contributed by atoms with Crippen LogP contribution in [0, 0.1) is 20.8 Å². The zero-order valence-electron chi connectivity index (χ0n) is 17.7. The van der Waals surface area contributed by atoms with E-state index in [2.05, 4.69) is 10.3 Å². The van der Waals surface area contributed by atoms with Gasteiger partial charge in [0.1, 0.15) is 4.88 Å². The van der Waals surface area contributed by atoms with Gasteiger partial charge in [-0.2, -0.15) is 0 Å². The van der Waals surface area contributed by atoms with E-state index >= 15 is 0 Å². The number of thiazole rings is 1. The Bertz CT molecular complexity index is 1180. The van der Waals surface area contributed by atoms with Gasteiger partial charge in [-0.1, -0.05) is 29.5 Å². The average molecular weight is 428 g/mol. The molecule has 2 heterocycles. The van der Waals surface area contributed by atoms with E-state index in [4.69, 9.17) is 4.74 Å². The van der Waals surface area contributed by atoms with Crippen molar-refractivity contribution in [1.82, 2.24) is 9.55 Å². The molecule has 0 radical (unpaired) electrons. The molecule has 0 atom stereocenters. The third kappa shape index (κ3) is 4.59. The van der Waals surface area contributed by atoms with Crippen LogP contribution in [0.4, 0.5) is 5.13 Å². The number of anilines is 1.